The molecule has 0 amide bonds. The van der Waals surface area contributed by atoms with Crippen molar-refractivity contribution in [1.29, 1.82) is 0 Å². The molecule has 0 aromatic heterocycles. The van der Waals surface area contributed by atoms with Gasteiger partial charge in [0.25, 0.3) is 0 Å². The normalized spacial score (nSPS) is 35.8. The van der Waals surface area contributed by atoms with Crippen LogP contribution in [-0.4, -0.2) is 18.3 Å². The lowest BCUT2D eigenvalue weighted by molar-refractivity contribution is -0.0664. The first kappa shape index (κ1) is 10.4. The van der Waals surface area contributed by atoms with Gasteiger partial charge in [-0.25, -0.2) is 5.11 Å². The van der Waals surface area contributed by atoms with Crippen molar-refractivity contribution in [3.8, 4) is 0 Å². The van der Waals surface area contributed by atoms with E-state index in [1.165, 1.54) is 25.7 Å². The molecule has 2 nitrogen and oxygen atoms in total. The summed E-state index contributed by atoms with van der Waals surface area (Å²) in [5.74, 6) is 0. The molecule has 0 heterocycles. The molecular formula is C12H20O2. The Morgan fingerprint density at radius 3 is 2.71 bits per heavy atom. The molecule has 0 N–H and O–H groups in total. The van der Waals surface area contributed by atoms with Crippen molar-refractivity contribution >= 4 is 0 Å². The molecule has 0 aromatic carbocycles. The topological polar surface area (TPSA) is 29.1 Å². The first-order valence-corrected chi connectivity index (χ1v) is 5.99. The first-order valence-electron chi connectivity index (χ1n) is 5.99. The van der Waals surface area contributed by atoms with E-state index in [1.54, 1.807) is 0 Å². The molecule has 3 unspecified atom stereocenters. The molecule has 0 spiro atoms. The fraction of sp³-hybridized carbons (Fsp3) is 0.917. The Morgan fingerprint density at radius 1 is 1.07 bits per heavy atom. The summed E-state index contributed by atoms with van der Waals surface area (Å²) in [7, 11) is 0. The van der Waals surface area contributed by atoms with Gasteiger partial charge in [0, 0.05) is 6.42 Å². The predicted octanol–water partition coefficient (Wildman–Crippen LogP) is 2.89. The average Bonchev–Trinajstić information content (AvgIpc) is 2.19. The maximum Gasteiger partial charge on any atom is 0.0954 e. The molecule has 2 heteroatoms. The zero-order valence-corrected chi connectivity index (χ0v) is 8.78. The van der Waals surface area contributed by atoms with Crippen molar-refractivity contribution in [3.63, 3.8) is 0 Å². The second-order valence-electron chi connectivity index (χ2n) is 4.61. The molecule has 3 atom stereocenters. The van der Waals surface area contributed by atoms with E-state index in [4.69, 9.17) is 4.74 Å². The Kier molecular flexibility index (Phi) is 3.82. The van der Waals surface area contributed by atoms with Crippen LogP contribution in [0.25, 0.3) is 0 Å². The maximum absolute atomic E-state index is 11.3. The highest BCUT2D eigenvalue weighted by Gasteiger charge is 2.25. The Hall–Kier alpha value is -0.0800. The van der Waals surface area contributed by atoms with Gasteiger partial charge in [0.05, 0.1) is 18.3 Å². The zero-order chi connectivity index (χ0) is 9.80. The molecule has 2 fully saturated rings. The van der Waals surface area contributed by atoms with E-state index in [-0.39, 0.29) is 12.2 Å². The van der Waals surface area contributed by atoms with Crippen molar-refractivity contribution in [2.24, 2.45) is 0 Å². The summed E-state index contributed by atoms with van der Waals surface area (Å²) in [5.41, 5.74) is 0. The molecule has 2 aliphatic carbocycles. The summed E-state index contributed by atoms with van der Waals surface area (Å²) in [5, 5.41) is 11.3. The van der Waals surface area contributed by atoms with Gasteiger partial charge in [0.2, 0.25) is 0 Å². The lowest BCUT2D eigenvalue weighted by Gasteiger charge is -2.30. The van der Waals surface area contributed by atoms with Crippen LogP contribution in [0.15, 0.2) is 0 Å². The zero-order valence-electron chi connectivity index (χ0n) is 8.78. The summed E-state index contributed by atoms with van der Waals surface area (Å²) in [6.45, 7) is 0. The average molecular weight is 196 g/mol. The highest BCUT2D eigenvalue weighted by Crippen LogP contribution is 2.27. The van der Waals surface area contributed by atoms with Crippen molar-refractivity contribution in [2.45, 2.75) is 69.7 Å². The minimum Gasteiger partial charge on any atom is -0.375 e. The minimum atomic E-state index is -0.364. The van der Waals surface area contributed by atoms with Crippen LogP contribution < -0.4 is 0 Å². The SMILES string of the molecule is [O]C1CCCC(OC2[CH]CCCC2)C1. The van der Waals surface area contributed by atoms with Crippen LogP contribution in [0.1, 0.15) is 51.4 Å². The Bertz CT molecular complexity index is 164. The summed E-state index contributed by atoms with van der Waals surface area (Å²) in [6, 6.07) is 0. The van der Waals surface area contributed by atoms with E-state index in [1.807, 2.05) is 0 Å². The monoisotopic (exact) mass is 196 g/mol. The summed E-state index contributed by atoms with van der Waals surface area (Å²) in [4.78, 5) is 0. The summed E-state index contributed by atoms with van der Waals surface area (Å²) in [6.07, 6.45) is 11.2. The molecule has 2 radical (unpaired) electrons. The Balaban J connectivity index is 1.72. The second kappa shape index (κ2) is 5.13. The summed E-state index contributed by atoms with van der Waals surface area (Å²) >= 11 is 0. The van der Waals surface area contributed by atoms with Crippen LogP contribution in [0.3, 0.4) is 0 Å². The third kappa shape index (κ3) is 2.96. The van der Waals surface area contributed by atoms with Crippen LogP contribution in [0.4, 0.5) is 0 Å². The van der Waals surface area contributed by atoms with Gasteiger partial charge in [-0.15, -0.1) is 0 Å². The molecule has 0 aromatic rings. The van der Waals surface area contributed by atoms with E-state index in [0.29, 0.717) is 6.10 Å². The highest BCUT2D eigenvalue weighted by molar-refractivity contribution is 4.84. The van der Waals surface area contributed by atoms with Crippen LogP contribution in [0.5, 0.6) is 0 Å². The van der Waals surface area contributed by atoms with Crippen LogP contribution in [-0.2, 0) is 9.84 Å². The van der Waals surface area contributed by atoms with Crippen LogP contribution in [0.2, 0.25) is 0 Å². The smallest absolute Gasteiger partial charge is 0.0954 e. The fourth-order valence-corrected chi connectivity index (χ4v) is 2.51. The number of rotatable bonds is 2. The van der Waals surface area contributed by atoms with E-state index in [9.17, 15) is 5.11 Å². The van der Waals surface area contributed by atoms with Gasteiger partial charge in [-0.1, -0.05) is 12.8 Å². The first-order chi connectivity index (χ1) is 6.84. The van der Waals surface area contributed by atoms with Gasteiger partial charge >= 0.3 is 0 Å². The van der Waals surface area contributed by atoms with Crippen molar-refractivity contribution in [3.05, 3.63) is 6.42 Å². The van der Waals surface area contributed by atoms with Gasteiger partial charge in [-0.05, 0) is 38.5 Å². The molecule has 14 heavy (non-hydrogen) atoms. The van der Waals surface area contributed by atoms with E-state index in [2.05, 4.69) is 6.42 Å². The molecule has 2 saturated carbocycles. The third-order valence-corrected chi connectivity index (χ3v) is 3.32. The molecule has 2 aliphatic rings. The van der Waals surface area contributed by atoms with Gasteiger partial charge < -0.3 is 4.74 Å². The van der Waals surface area contributed by atoms with E-state index in [0.717, 1.165) is 25.7 Å². The number of ether oxygens (including phenoxy) is 1. The van der Waals surface area contributed by atoms with Crippen LogP contribution >= 0.6 is 0 Å². The quantitative estimate of drug-likeness (QED) is 0.667. The minimum absolute atomic E-state index is 0.255. The summed E-state index contributed by atoms with van der Waals surface area (Å²) < 4.78 is 5.95. The van der Waals surface area contributed by atoms with Crippen molar-refractivity contribution in [2.75, 3.05) is 0 Å². The lowest BCUT2D eigenvalue weighted by atomic mass is 9.93. The molecule has 0 bridgehead atoms. The predicted molar refractivity (Wildman–Crippen MR) is 54.4 cm³/mol. The van der Waals surface area contributed by atoms with E-state index >= 15 is 0 Å². The Morgan fingerprint density at radius 2 is 2.00 bits per heavy atom. The molecule has 0 aliphatic heterocycles. The third-order valence-electron chi connectivity index (χ3n) is 3.32. The molecule has 2 rings (SSSR count). The van der Waals surface area contributed by atoms with Gasteiger partial charge in [-0.2, -0.15) is 0 Å². The molecule has 80 valence electrons. The van der Waals surface area contributed by atoms with Gasteiger partial charge in [-0.3, -0.25) is 0 Å². The van der Waals surface area contributed by atoms with Crippen molar-refractivity contribution < 1.29 is 9.84 Å². The van der Waals surface area contributed by atoms with E-state index < -0.39 is 0 Å². The van der Waals surface area contributed by atoms with Gasteiger partial charge in [0.1, 0.15) is 0 Å². The number of hydrogen-bond donors (Lipinski definition) is 0. The maximum atomic E-state index is 11.3. The Labute approximate surface area is 86.6 Å². The van der Waals surface area contributed by atoms with Gasteiger partial charge in [0.15, 0.2) is 0 Å². The number of hydrogen-bond acceptors (Lipinski definition) is 1. The lowest BCUT2D eigenvalue weighted by Crippen LogP contribution is -2.30. The van der Waals surface area contributed by atoms with Crippen LogP contribution in [0, 0.1) is 6.42 Å². The van der Waals surface area contributed by atoms with Crippen molar-refractivity contribution in [1.82, 2.24) is 0 Å². The molecule has 0 saturated heterocycles. The highest BCUT2D eigenvalue weighted by atomic mass is 16.5. The fourth-order valence-electron chi connectivity index (χ4n) is 2.51. The molecular weight excluding hydrogens is 176 g/mol. The standard InChI is InChI=1S/C12H20O2/c13-10-5-4-8-12(9-10)14-11-6-2-1-3-7-11/h6,10-12H,1-5,7-9H2. The largest absolute Gasteiger partial charge is 0.375 e. The second-order valence-corrected chi connectivity index (χ2v) is 4.61.